The topological polar surface area (TPSA) is 195 Å². The number of nitrogens with zero attached hydrogens (tertiary/aromatic N) is 8. The van der Waals surface area contributed by atoms with Gasteiger partial charge in [0.1, 0.15) is 17.1 Å². The zero-order valence-corrected chi connectivity index (χ0v) is 65.7. The van der Waals surface area contributed by atoms with Crippen molar-refractivity contribution in [3.05, 3.63) is 271 Å². The lowest BCUT2D eigenvalue weighted by Gasteiger charge is -2.23. The molecule has 5 heterocycles. The van der Waals surface area contributed by atoms with Crippen LogP contribution >= 0.6 is 23.5 Å². The molecule has 109 heavy (non-hydrogen) atoms. The molecular formula is C95H96N8O4S2. The summed E-state index contributed by atoms with van der Waals surface area (Å²) in [7, 11) is 0. The number of hydrogen-bond acceptors (Lipinski definition) is 14. The first-order valence-electron chi connectivity index (χ1n) is 38.0. The van der Waals surface area contributed by atoms with E-state index in [1.165, 1.54) is 69.9 Å². The number of ether oxygens (including phenoxy) is 2. The molecule has 4 aliphatic rings. The van der Waals surface area contributed by atoms with Crippen LogP contribution in [-0.2, 0) is 17.6 Å². The van der Waals surface area contributed by atoms with E-state index in [1.807, 2.05) is 185 Å². The summed E-state index contributed by atoms with van der Waals surface area (Å²) in [5.74, 6) is 2.87. The Hall–Kier alpha value is -10.5. The number of pyridine rings is 5. The van der Waals surface area contributed by atoms with E-state index in [9.17, 15) is 20.7 Å². The van der Waals surface area contributed by atoms with E-state index >= 15 is 0 Å². The second-order valence-corrected chi connectivity index (χ2v) is 33.9. The third-order valence-corrected chi connectivity index (χ3v) is 23.4. The van der Waals surface area contributed by atoms with Gasteiger partial charge in [0, 0.05) is 126 Å². The molecule has 0 aliphatic heterocycles. The lowest BCUT2D eigenvalue weighted by Crippen LogP contribution is -2.23. The van der Waals surface area contributed by atoms with Crippen molar-refractivity contribution in [2.45, 2.75) is 171 Å². The summed E-state index contributed by atoms with van der Waals surface area (Å²) in [4.78, 5) is 23.9. The van der Waals surface area contributed by atoms with Crippen LogP contribution in [0.5, 0.6) is 11.5 Å². The van der Waals surface area contributed by atoms with Crippen LogP contribution in [0.25, 0.3) is 77.2 Å². The molecule has 12 nitrogen and oxygen atoms in total. The third kappa shape index (κ3) is 19.9. The molecule has 2 N–H and O–H groups in total. The van der Waals surface area contributed by atoms with E-state index in [-0.39, 0.29) is 10.3 Å². The lowest BCUT2D eigenvalue weighted by atomic mass is 9.92. The van der Waals surface area contributed by atoms with Crippen LogP contribution in [0.1, 0.15) is 166 Å². The van der Waals surface area contributed by atoms with Crippen molar-refractivity contribution in [3.63, 3.8) is 0 Å². The number of aryl methyl sites for hydroxylation is 1. The Morgan fingerprint density at radius 3 is 1.32 bits per heavy atom. The summed E-state index contributed by atoms with van der Waals surface area (Å²) >= 11 is 3.82. The Bertz CT molecular complexity index is 5270. The highest BCUT2D eigenvalue weighted by Gasteiger charge is 2.44. The fourth-order valence-electron chi connectivity index (χ4n) is 13.4. The standard InChI is InChI=1S/C22H20N2O.C20H23NOS.C19H16N2.C18H21NOS.C16H16N2O/c1-2-22(10-11-22)15-25-21-9-12-24-14-20(21)19-8-7-16(13-23)17-5-3-4-6-18(17)19;1-2-19(8-9-19)14-23-18-7-12-21-13-17(18)15-3-5-16(6-4-15)20(22)10-11-20;1-2-5-14-10-11-21-13-19(14)18-9-8-15(12-20)16-6-3-4-7-17(16)18;1-17(2,3)21-16-8-11-19-12-15(16)13-4-6-14(7-5-13)18(20)9-10-18;1-16(2,3)19-15-8-9-18-11-14(15)13-6-4-12(10-17)5-7-13/h3-9,12,14H,2,10-11,15H2,1H3;3-7,12-13,22H,2,8-11,14H2,1H3;3-4,6-11,13H,2,5H2,1H3;4-8,11-12,20H,9-10H2,1-3H3;4-9,11H,1-3H3. The predicted molar refractivity (Wildman–Crippen MR) is 444 cm³/mol. The van der Waals surface area contributed by atoms with Crippen molar-refractivity contribution < 1.29 is 19.7 Å². The summed E-state index contributed by atoms with van der Waals surface area (Å²) in [6.07, 6.45) is 31.9. The lowest BCUT2D eigenvalue weighted by molar-refractivity contribution is 0.131. The largest absolute Gasteiger partial charge is 0.492 e. The molecule has 0 spiro atoms. The normalized spacial score (nSPS) is 14.8. The Balaban J connectivity index is 0.000000127. The Labute approximate surface area is 651 Å². The van der Waals surface area contributed by atoms with Gasteiger partial charge in [-0.05, 0) is 207 Å². The van der Waals surface area contributed by atoms with E-state index < -0.39 is 11.2 Å². The molecule has 4 saturated carbocycles. The van der Waals surface area contributed by atoms with Crippen LogP contribution in [0.3, 0.4) is 0 Å². The van der Waals surface area contributed by atoms with Gasteiger partial charge in [0.25, 0.3) is 0 Å². The van der Waals surface area contributed by atoms with Crippen LogP contribution in [0.4, 0.5) is 0 Å². The Morgan fingerprint density at radius 2 is 0.853 bits per heavy atom. The average molecular weight is 1480 g/mol. The highest BCUT2D eigenvalue weighted by molar-refractivity contribution is 8.00. The second-order valence-electron chi connectivity index (χ2n) is 31.0. The predicted octanol–water partition coefficient (Wildman–Crippen LogP) is 23.5. The van der Waals surface area contributed by atoms with Gasteiger partial charge in [-0.3, -0.25) is 24.9 Å². The summed E-state index contributed by atoms with van der Waals surface area (Å²) < 4.78 is 12.3. The number of hydrogen-bond donors (Lipinski definition) is 2. The highest BCUT2D eigenvalue weighted by atomic mass is 32.2. The molecular weight excluding hydrogens is 1380 g/mol. The third-order valence-electron chi connectivity index (χ3n) is 20.8. The number of thioether (sulfide) groups is 2. The van der Waals surface area contributed by atoms with Gasteiger partial charge in [0.15, 0.2) is 0 Å². The summed E-state index contributed by atoms with van der Waals surface area (Å²) in [5, 5.41) is 52.0. The van der Waals surface area contributed by atoms with Crippen molar-refractivity contribution >= 4 is 45.1 Å². The van der Waals surface area contributed by atoms with E-state index in [1.54, 1.807) is 30.7 Å². The van der Waals surface area contributed by atoms with Crippen molar-refractivity contribution in [1.82, 2.24) is 24.9 Å². The first-order chi connectivity index (χ1) is 52.6. The monoisotopic (exact) mass is 1480 g/mol. The number of fused-ring (bicyclic) bond motifs is 2. The summed E-state index contributed by atoms with van der Waals surface area (Å²) in [5.41, 5.74) is 16.0. The van der Waals surface area contributed by atoms with Crippen molar-refractivity contribution in [2.75, 3.05) is 12.4 Å². The van der Waals surface area contributed by atoms with Crippen molar-refractivity contribution in [2.24, 2.45) is 10.8 Å². The number of benzene rings is 7. The maximum Gasteiger partial charge on any atom is 0.131 e. The Morgan fingerprint density at radius 1 is 0.422 bits per heavy atom. The SMILES string of the molecule is CC(C)(C)Oc1ccncc1-c1ccc(C#N)cc1.CC(C)(C)Sc1ccncc1-c1ccc(C2(O)CC2)cc1.CCC1(COc2ccncc2-c2ccc(C#N)c3ccccc23)CC1.CCC1(CSc2ccncc2-c2ccc(C3(O)CC3)cc2)CC1.CCCc1ccncc1-c1ccc(C#N)c2ccccc12. The second kappa shape index (κ2) is 34.4. The zero-order chi connectivity index (χ0) is 76.8. The Kier molecular flexibility index (Phi) is 24.6. The number of nitriles is 3. The van der Waals surface area contributed by atoms with Crippen LogP contribution in [0.15, 0.2) is 248 Å². The van der Waals surface area contributed by atoms with Gasteiger partial charge < -0.3 is 19.7 Å². The van der Waals surface area contributed by atoms with Gasteiger partial charge in [-0.1, -0.05) is 169 Å². The number of aliphatic hydroxyl groups is 2. The minimum absolute atomic E-state index is 0.166. The molecule has 0 bridgehead atoms. The van der Waals surface area contributed by atoms with E-state index in [2.05, 4.69) is 151 Å². The van der Waals surface area contributed by atoms with Crippen LogP contribution in [0.2, 0.25) is 0 Å². The van der Waals surface area contributed by atoms with Crippen molar-refractivity contribution in [3.8, 4) is 85.3 Å². The van der Waals surface area contributed by atoms with E-state index in [0.717, 1.165) is 140 Å². The van der Waals surface area contributed by atoms with E-state index in [0.29, 0.717) is 22.0 Å². The molecule has 0 unspecified atom stereocenters. The van der Waals surface area contributed by atoms with Gasteiger partial charge in [0.2, 0.25) is 0 Å². The van der Waals surface area contributed by atoms with Gasteiger partial charge >= 0.3 is 0 Å². The zero-order valence-electron chi connectivity index (χ0n) is 64.0. The number of rotatable bonds is 19. The van der Waals surface area contributed by atoms with Gasteiger partial charge in [-0.25, -0.2) is 0 Å². The van der Waals surface area contributed by atoms with Crippen molar-refractivity contribution in [1.29, 1.82) is 15.8 Å². The quantitative estimate of drug-likeness (QED) is 0.0726. The molecule has 4 fully saturated rings. The highest BCUT2D eigenvalue weighted by Crippen LogP contribution is 2.53. The molecule has 0 amide bonds. The van der Waals surface area contributed by atoms with Crippen LogP contribution in [0, 0.1) is 44.8 Å². The molecule has 12 aromatic rings. The maximum atomic E-state index is 10.2. The molecule has 14 heteroatoms. The molecule has 16 rings (SSSR count). The molecule has 0 saturated heterocycles. The summed E-state index contributed by atoms with van der Waals surface area (Å²) in [6.45, 7) is 20.2. The van der Waals surface area contributed by atoms with Crippen LogP contribution in [-0.4, -0.2) is 57.8 Å². The van der Waals surface area contributed by atoms with Gasteiger partial charge in [-0.2, -0.15) is 15.8 Å². The first kappa shape index (κ1) is 78.1. The first-order valence-corrected chi connectivity index (χ1v) is 39.8. The molecule has 4 aliphatic carbocycles. The van der Waals surface area contributed by atoms with Gasteiger partial charge in [-0.15, -0.1) is 23.5 Å². The fourth-order valence-corrected chi connectivity index (χ4v) is 15.9. The minimum atomic E-state index is -0.559. The number of aromatic nitrogens is 5. The maximum absolute atomic E-state index is 10.2. The molecule has 552 valence electrons. The average Bonchev–Trinajstić information content (AvgIpc) is 1.75. The fraction of sp³-hybridized carbons (Fsp3) is 0.305. The van der Waals surface area contributed by atoms with Gasteiger partial charge in [0.05, 0.1) is 52.7 Å². The summed E-state index contributed by atoms with van der Waals surface area (Å²) in [6, 6.07) is 64.7. The van der Waals surface area contributed by atoms with Crippen LogP contribution < -0.4 is 9.47 Å². The molecule has 0 atom stereocenters. The smallest absolute Gasteiger partial charge is 0.131 e. The molecule has 5 aromatic heterocycles. The minimum Gasteiger partial charge on any atom is -0.492 e. The molecule has 0 radical (unpaired) electrons. The molecule has 7 aromatic carbocycles. The van der Waals surface area contributed by atoms with E-state index in [4.69, 9.17) is 14.7 Å².